The largest absolute Gasteiger partial charge is 0.490 e. The van der Waals surface area contributed by atoms with Gasteiger partial charge in [0.2, 0.25) is 0 Å². The van der Waals surface area contributed by atoms with E-state index in [1.54, 1.807) is 6.20 Å². The van der Waals surface area contributed by atoms with Gasteiger partial charge in [0.05, 0.1) is 12.2 Å². The number of nitrogens with one attached hydrogen (secondary N) is 1. The Morgan fingerprint density at radius 3 is 2.48 bits per heavy atom. The Labute approximate surface area is 188 Å². The molecule has 1 amide bonds. The number of aliphatic carboxylic acids is 1. The highest BCUT2D eigenvalue weighted by atomic mass is 19.4. The maximum atomic E-state index is 12.6. The van der Waals surface area contributed by atoms with Crippen LogP contribution in [0, 0.1) is 0 Å². The Morgan fingerprint density at radius 2 is 1.91 bits per heavy atom. The number of fused-ring (bicyclic) bond motifs is 1. The zero-order chi connectivity index (χ0) is 24.1. The molecule has 1 aromatic heterocycles. The molecule has 0 aliphatic carbocycles. The van der Waals surface area contributed by atoms with Gasteiger partial charge in [0.15, 0.2) is 0 Å². The molecule has 1 spiro atoms. The van der Waals surface area contributed by atoms with Crippen molar-refractivity contribution in [2.24, 2.45) is 0 Å². The summed E-state index contributed by atoms with van der Waals surface area (Å²) in [6.45, 7) is 5.32. The summed E-state index contributed by atoms with van der Waals surface area (Å²) in [5, 5.41) is 10.3. The van der Waals surface area contributed by atoms with E-state index in [2.05, 4.69) is 27.1 Å². The van der Waals surface area contributed by atoms with E-state index < -0.39 is 12.1 Å². The van der Waals surface area contributed by atoms with E-state index >= 15 is 0 Å². The molecule has 11 heteroatoms. The number of para-hydroxylation sites is 1. The number of ether oxygens (including phenoxy) is 1. The van der Waals surface area contributed by atoms with Crippen molar-refractivity contribution in [1.29, 1.82) is 0 Å². The first kappa shape index (κ1) is 24.4. The summed E-state index contributed by atoms with van der Waals surface area (Å²) in [5.41, 5.74) is 1.17. The minimum atomic E-state index is -5.08. The van der Waals surface area contributed by atoms with Crippen LogP contribution < -0.4 is 10.1 Å². The number of carboxylic acid groups (broad SMARTS) is 1. The second kappa shape index (κ2) is 10.2. The van der Waals surface area contributed by atoms with Gasteiger partial charge in [-0.3, -0.25) is 9.78 Å². The quantitative estimate of drug-likeness (QED) is 0.716. The number of carboxylic acids is 1. The molecule has 1 fully saturated rings. The molecule has 0 bridgehead atoms. The zero-order valence-corrected chi connectivity index (χ0v) is 18.0. The number of amides is 1. The van der Waals surface area contributed by atoms with Gasteiger partial charge in [-0.05, 0) is 25.5 Å². The monoisotopic (exact) mass is 466 g/mol. The first-order chi connectivity index (χ1) is 15.6. The maximum Gasteiger partial charge on any atom is 0.490 e. The summed E-state index contributed by atoms with van der Waals surface area (Å²) in [6, 6.07) is 7.93. The summed E-state index contributed by atoms with van der Waals surface area (Å²) >= 11 is 0. The number of halogens is 3. The maximum absolute atomic E-state index is 12.6. The summed E-state index contributed by atoms with van der Waals surface area (Å²) < 4.78 is 38.2. The van der Waals surface area contributed by atoms with E-state index in [-0.39, 0.29) is 17.6 Å². The summed E-state index contributed by atoms with van der Waals surface area (Å²) in [4.78, 5) is 32.1. The third kappa shape index (κ3) is 6.19. The smallest absolute Gasteiger partial charge is 0.487 e. The molecule has 1 aromatic carbocycles. The van der Waals surface area contributed by atoms with Crippen LogP contribution in [0.15, 0.2) is 42.9 Å². The lowest BCUT2D eigenvalue weighted by atomic mass is 9.80. The minimum absolute atomic E-state index is 0.0809. The van der Waals surface area contributed by atoms with Gasteiger partial charge >= 0.3 is 12.1 Å². The van der Waals surface area contributed by atoms with Crippen LogP contribution in [0.1, 0.15) is 48.3 Å². The number of alkyl halides is 3. The molecule has 4 rings (SSSR count). The molecule has 33 heavy (non-hydrogen) atoms. The van der Waals surface area contributed by atoms with Crippen LogP contribution in [-0.2, 0) is 4.79 Å². The lowest BCUT2D eigenvalue weighted by Gasteiger charge is -2.46. The number of carbonyl (C=O) groups excluding carboxylic acids is 1. The lowest BCUT2D eigenvalue weighted by molar-refractivity contribution is -0.192. The van der Waals surface area contributed by atoms with Crippen molar-refractivity contribution in [2.75, 3.05) is 19.6 Å². The van der Waals surface area contributed by atoms with E-state index in [0.717, 1.165) is 50.2 Å². The van der Waals surface area contributed by atoms with Crippen LogP contribution in [-0.4, -0.2) is 63.3 Å². The summed E-state index contributed by atoms with van der Waals surface area (Å²) in [7, 11) is 0. The third-order valence-electron chi connectivity index (χ3n) is 5.76. The van der Waals surface area contributed by atoms with Crippen LogP contribution in [0.2, 0.25) is 0 Å². The molecule has 2 aliphatic heterocycles. The SMILES string of the molecule is CCN1CCC2(CC1)CC(NC(=O)c1cnccn1)c1ccccc1O2.O=C(O)C(F)(F)F. The molecular weight excluding hydrogens is 441 g/mol. The van der Waals surface area contributed by atoms with Crippen LogP contribution in [0.4, 0.5) is 13.2 Å². The fourth-order valence-electron chi connectivity index (χ4n) is 3.98. The van der Waals surface area contributed by atoms with Crippen LogP contribution in [0.25, 0.3) is 0 Å². The van der Waals surface area contributed by atoms with Gasteiger partial charge in [-0.15, -0.1) is 0 Å². The molecule has 2 aromatic rings. The number of rotatable bonds is 3. The van der Waals surface area contributed by atoms with E-state index in [1.165, 1.54) is 12.4 Å². The Hall–Kier alpha value is -3.21. The number of hydrogen-bond donors (Lipinski definition) is 2. The van der Waals surface area contributed by atoms with E-state index in [9.17, 15) is 18.0 Å². The second-order valence-corrected chi connectivity index (χ2v) is 7.88. The molecule has 3 heterocycles. The Morgan fingerprint density at radius 1 is 1.24 bits per heavy atom. The number of carbonyl (C=O) groups is 2. The number of piperidine rings is 1. The van der Waals surface area contributed by atoms with Crippen molar-refractivity contribution in [3.05, 3.63) is 54.1 Å². The number of benzene rings is 1. The van der Waals surface area contributed by atoms with E-state index in [0.29, 0.717) is 5.69 Å². The van der Waals surface area contributed by atoms with E-state index in [4.69, 9.17) is 14.6 Å². The highest BCUT2D eigenvalue weighted by molar-refractivity contribution is 5.92. The van der Waals surface area contributed by atoms with Crippen molar-refractivity contribution in [3.8, 4) is 5.75 Å². The van der Waals surface area contributed by atoms with Gasteiger partial charge in [-0.25, -0.2) is 9.78 Å². The zero-order valence-electron chi connectivity index (χ0n) is 18.0. The molecule has 0 radical (unpaired) electrons. The Bertz CT molecular complexity index is 964. The van der Waals surface area contributed by atoms with Gasteiger partial charge in [0.25, 0.3) is 5.91 Å². The average molecular weight is 466 g/mol. The molecule has 178 valence electrons. The third-order valence-corrected chi connectivity index (χ3v) is 5.76. The van der Waals surface area contributed by atoms with E-state index in [1.807, 2.05) is 24.3 Å². The fourth-order valence-corrected chi connectivity index (χ4v) is 3.98. The predicted molar refractivity (Wildman–Crippen MR) is 112 cm³/mol. The van der Waals surface area contributed by atoms with Crippen molar-refractivity contribution in [1.82, 2.24) is 20.2 Å². The molecule has 2 aliphatic rings. The topological polar surface area (TPSA) is 105 Å². The van der Waals surface area contributed by atoms with Gasteiger partial charge in [0.1, 0.15) is 17.0 Å². The Kier molecular flexibility index (Phi) is 7.52. The fraction of sp³-hybridized carbons (Fsp3) is 0.455. The van der Waals surface area contributed by atoms with Crippen molar-refractivity contribution in [3.63, 3.8) is 0 Å². The molecule has 2 N–H and O–H groups in total. The molecule has 1 atom stereocenters. The van der Waals surface area contributed by atoms with Crippen molar-refractivity contribution >= 4 is 11.9 Å². The van der Waals surface area contributed by atoms with Crippen LogP contribution in [0.5, 0.6) is 5.75 Å². The van der Waals surface area contributed by atoms with Gasteiger partial charge in [-0.2, -0.15) is 13.2 Å². The van der Waals surface area contributed by atoms with Gasteiger partial charge in [0, 0.05) is 37.5 Å². The number of aromatic nitrogens is 2. The molecule has 1 saturated heterocycles. The lowest BCUT2D eigenvalue weighted by Crippen LogP contribution is -2.52. The number of likely N-dealkylation sites (tertiary alicyclic amines) is 1. The standard InChI is InChI=1S/C20H24N4O2.C2HF3O2/c1-2-24-11-7-20(8-12-24)13-16(15-5-3-4-6-18(15)26-20)23-19(25)17-14-21-9-10-22-17;3-2(4,5)1(6)7/h3-6,9-10,14,16H,2,7-8,11-13H2,1H3,(H,23,25);(H,6,7). The first-order valence-electron chi connectivity index (χ1n) is 10.5. The highest BCUT2D eigenvalue weighted by Gasteiger charge is 2.43. The number of nitrogens with zero attached hydrogens (tertiary/aromatic N) is 3. The predicted octanol–water partition coefficient (Wildman–Crippen LogP) is 3.22. The first-order valence-corrected chi connectivity index (χ1v) is 10.5. The van der Waals surface area contributed by atoms with Gasteiger partial charge < -0.3 is 20.1 Å². The van der Waals surface area contributed by atoms with Crippen LogP contribution >= 0.6 is 0 Å². The highest BCUT2D eigenvalue weighted by Crippen LogP contribution is 2.44. The molecule has 1 unspecified atom stereocenters. The van der Waals surface area contributed by atoms with Crippen LogP contribution in [0.3, 0.4) is 0 Å². The number of hydrogen-bond acceptors (Lipinski definition) is 6. The Balaban J connectivity index is 0.000000383. The summed E-state index contributed by atoms with van der Waals surface area (Å²) in [5.74, 6) is -2.07. The average Bonchev–Trinajstić information content (AvgIpc) is 2.80. The van der Waals surface area contributed by atoms with Crippen molar-refractivity contribution < 1.29 is 32.6 Å². The van der Waals surface area contributed by atoms with Gasteiger partial charge in [-0.1, -0.05) is 25.1 Å². The summed E-state index contributed by atoms with van der Waals surface area (Å²) in [6.07, 6.45) is 2.26. The molecule has 0 saturated carbocycles. The second-order valence-electron chi connectivity index (χ2n) is 7.88. The van der Waals surface area contributed by atoms with Crippen molar-refractivity contribution in [2.45, 2.75) is 44.0 Å². The molecule has 8 nitrogen and oxygen atoms in total. The molecular formula is C22H25F3N4O4. The normalized spacial score (nSPS) is 19.5. The minimum Gasteiger partial charge on any atom is -0.487 e.